The van der Waals surface area contributed by atoms with Crippen molar-refractivity contribution >= 4 is 5.91 Å². The number of carbonyl (C=O) groups excluding carboxylic acids is 1. The number of aromatic nitrogens is 2. The number of hydrogen-bond donors (Lipinski definition) is 0. The van der Waals surface area contributed by atoms with Gasteiger partial charge in [0.1, 0.15) is 0 Å². The molecule has 1 aliphatic carbocycles. The van der Waals surface area contributed by atoms with Crippen LogP contribution in [0.5, 0.6) is 0 Å². The quantitative estimate of drug-likeness (QED) is 0.855. The van der Waals surface area contributed by atoms with E-state index >= 15 is 0 Å². The molecule has 1 heterocycles. The largest absolute Gasteiger partial charge is 0.343 e. The van der Waals surface area contributed by atoms with E-state index in [1.807, 2.05) is 30.6 Å². The minimum atomic E-state index is 0.275. The third-order valence-corrected chi connectivity index (χ3v) is 5.17. The molecule has 118 valence electrons. The van der Waals surface area contributed by atoms with E-state index in [2.05, 4.69) is 18.9 Å². The monoisotopic (exact) mass is 291 g/mol. The van der Waals surface area contributed by atoms with E-state index in [9.17, 15) is 4.79 Å². The van der Waals surface area contributed by atoms with Gasteiger partial charge in [0.05, 0.1) is 5.69 Å². The van der Waals surface area contributed by atoms with Crippen LogP contribution < -0.4 is 0 Å². The second-order valence-electron chi connectivity index (χ2n) is 6.69. The van der Waals surface area contributed by atoms with E-state index in [1.165, 1.54) is 24.1 Å². The summed E-state index contributed by atoms with van der Waals surface area (Å²) in [5, 5.41) is 4.42. The summed E-state index contributed by atoms with van der Waals surface area (Å²) in [6.45, 7) is 6.41. The van der Waals surface area contributed by atoms with Crippen LogP contribution in [0.15, 0.2) is 0 Å². The number of aryl methyl sites for hydroxylation is 2. The van der Waals surface area contributed by atoms with Gasteiger partial charge in [0.25, 0.3) is 0 Å². The Morgan fingerprint density at radius 3 is 2.43 bits per heavy atom. The Kier molecular flexibility index (Phi) is 5.07. The zero-order valence-electron chi connectivity index (χ0n) is 14.1. The zero-order valence-corrected chi connectivity index (χ0v) is 14.1. The minimum absolute atomic E-state index is 0.275. The van der Waals surface area contributed by atoms with Crippen LogP contribution in [0.2, 0.25) is 0 Å². The maximum absolute atomic E-state index is 12.4. The lowest BCUT2D eigenvalue weighted by Crippen LogP contribution is -2.39. The predicted molar refractivity (Wildman–Crippen MR) is 85.2 cm³/mol. The minimum Gasteiger partial charge on any atom is -0.343 e. The van der Waals surface area contributed by atoms with Gasteiger partial charge in [-0.1, -0.05) is 6.92 Å². The van der Waals surface area contributed by atoms with E-state index in [1.54, 1.807) is 0 Å². The molecule has 0 bridgehead atoms. The third-order valence-electron chi connectivity index (χ3n) is 5.17. The van der Waals surface area contributed by atoms with E-state index in [4.69, 9.17) is 0 Å². The molecule has 1 fully saturated rings. The number of rotatable bonds is 4. The molecule has 1 aromatic rings. The maximum atomic E-state index is 12.4. The molecule has 2 rings (SSSR count). The van der Waals surface area contributed by atoms with Gasteiger partial charge in [-0.3, -0.25) is 9.48 Å². The Labute approximate surface area is 128 Å². The average Bonchev–Trinajstić information content (AvgIpc) is 2.70. The van der Waals surface area contributed by atoms with Crippen molar-refractivity contribution in [3.8, 4) is 0 Å². The Hall–Kier alpha value is -1.32. The Balaban J connectivity index is 1.89. The second-order valence-corrected chi connectivity index (χ2v) is 6.69. The molecule has 0 aliphatic heterocycles. The molecule has 21 heavy (non-hydrogen) atoms. The number of hydrogen-bond acceptors (Lipinski definition) is 2. The van der Waals surface area contributed by atoms with Crippen LogP contribution in [0, 0.1) is 19.8 Å². The van der Waals surface area contributed by atoms with Crippen molar-refractivity contribution < 1.29 is 4.79 Å². The molecule has 4 nitrogen and oxygen atoms in total. The van der Waals surface area contributed by atoms with Crippen molar-refractivity contribution in [3.63, 3.8) is 0 Å². The van der Waals surface area contributed by atoms with Crippen molar-refractivity contribution in [2.75, 3.05) is 7.05 Å². The van der Waals surface area contributed by atoms with Crippen LogP contribution in [0.25, 0.3) is 0 Å². The Morgan fingerprint density at radius 1 is 1.29 bits per heavy atom. The number of amides is 1. The van der Waals surface area contributed by atoms with Gasteiger partial charge >= 0.3 is 0 Å². The number of carbonyl (C=O) groups is 1. The molecule has 1 saturated carbocycles. The van der Waals surface area contributed by atoms with Crippen LogP contribution in [-0.4, -0.2) is 33.7 Å². The highest BCUT2D eigenvalue weighted by Crippen LogP contribution is 2.27. The average molecular weight is 291 g/mol. The van der Waals surface area contributed by atoms with Crippen molar-refractivity contribution in [1.82, 2.24) is 14.7 Å². The summed E-state index contributed by atoms with van der Waals surface area (Å²) >= 11 is 0. The van der Waals surface area contributed by atoms with Crippen LogP contribution in [0.4, 0.5) is 0 Å². The van der Waals surface area contributed by atoms with E-state index in [0.717, 1.165) is 30.9 Å². The smallest absolute Gasteiger partial charge is 0.222 e. The highest BCUT2D eigenvalue weighted by Gasteiger charge is 2.24. The van der Waals surface area contributed by atoms with Gasteiger partial charge < -0.3 is 4.90 Å². The molecule has 4 heteroatoms. The first kappa shape index (κ1) is 16.1. The molecule has 0 N–H and O–H groups in total. The number of nitrogens with zero attached hydrogens (tertiary/aromatic N) is 3. The SMILES string of the molecule is Cc1nn(C)c(C)c1CCC(=O)N(C)C1CCC(C)CC1. The normalized spacial score (nSPS) is 22.3. The summed E-state index contributed by atoms with van der Waals surface area (Å²) < 4.78 is 1.90. The summed E-state index contributed by atoms with van der Waals surface area (Å²) in [6, 6.07) is 0.449. The summed E-state index contributed by atoms with van der Waals surface area (Å²) in [6.07, 6.45) is 6.22. The Bertz CT molecular complexity index is 498. The molecule has 0 radical (unpaired) electrons. The fraction of sp³-hybridized carbons (Fsp3) is 0.765. The first-order valence-corrected chi connectivity index (χ1v) is 8.15. The van der Waals surface area contributed by atoms with Gasteiger partial charge in [-0.25, -0.2) is 0 Å². The van der Waals surface area contributed by atoms with Gasteiger partial charge in [-0.15, -0.1) is 0 Å². The molecular formula is C17H29N3O. The third kappa shape index (κ3) is 3.66. The summed E-state index contributed by atoms with van der Waals surface area (Å²) in [4.78, 5) is 14.4. The predicted octanol–water partition coefficient (Wildman–Crippen LogP) is 3.01. The van der Waals surface area contributed by atoms with Gasteiger partial charge in [-0.2, -0.15) is 5.10 Å². The first-order valence-electron chi connectivity index (χ1n) is 8.15. The molecule has 0 spiro atoms. The van der Waals surface area contributed by atoms with Gasteiger partial charge in [0.2, 0.25) is 5.91 Å². The van der Waals surface area contributed by atoms with Crippen LogP contribution in [-0.2, 0) is 18.3 Å². The lowest BCUT2D eigenvalue weighted by atomic mass is 9.86. The zero-order chi connectivity index (χ0) is 15.6. The molecule has 0 aromatic carbocycles. The molecule has 0 saturated heterocycles. The lowest BCUT2D eigenvalue weighted by Gasteiger charge is -2.33. The van der Waals surface area contributed by atoms with Crippen LogP contribution in [0.3, 0.4) is 0 Å². The van der Waals surface area contributed by atoms with Crippen molar-refractivity contribution in [1.29, 1.82) is 0 Å². The molecule has 1 amide bonds. The van der Waals surface area contributed by atoms with Gasteiger partial charge in [-0.05, 0) is 57.4 Å². The highest BCUT2D eigenvalue weighted by atomic mass is 16.2. The second kappa shape index (κ2) is 6.63. The van der Waals surface area contributed by atoms with Crippen molar-refractivity contribution in [2.45, 2.75) is 65.3 Å². The van der Waals surface area contributed by atoms with E-state index in [0.29, 0.717) is 12.5 Å². The standard InChI is InChI=1S/C17H29N3O/c1-12-6-8-15(9-7-12)19(4)17(21)11-10-16-13(2)18-20(5)14(16)3/h12,15H,6-11H2,1-5H3. The molecule has 1 aromatic heterocycles. The molecular weight excluding hydrogens is 262 g/mol. The molecule has 1 aliphatic rings. The van der Waals surface area contributed by atoms with Gasteiger partial charge in [0.15, 0.2) is 0 Å². The molecule has 0 atom stereocenters. The van der Waals surface area contributed by atoms with Crippen LogP contribution in [0.1, 0.15) is 56.0 Å². The van der Waals surface area contributed by atoms with Gasteiger partial charge in [0, 0.05) is 32.3 Å². The highest BCUT2D eigenvalue weighted by molar-refractivity contribution is 5.76. The molecule has 0 unspecified atom stereocenters. The van der Waals surface area contributed by atoms with E-state index in [-0.39, 0.29) is 5.91 Å². The summed E-state index contributed by atoms with van der Waals surface area (Å²) in [7, 11) is 3.94. The summed E-state index contributed by atoms with van der Waals surface area (Å²) in [5.74, 6) is 1.10. The van der Waals surface area contributed by atoms with E-state index < -0.39 is 0 Å². The van der Waals surface area contributed by atoms with Crippen LogP contribution >= 0.6 is 0 Å². The first-order chi connectivity index (χ1) is 9.90. The fourth-order valence-electron chi connectivity index (χ4n) is 3.42. The maximum Gasteiger partial charge on any atom is 0.222 e. The lowest BCUT2D eigenvalue weighted by molar-refractivity contribution is -0.132. The fourth-order valence-corrected chi connectivity index (χ4v) is 3.42. The van der Waals surface area contributed by atoms with Crippen molar-refractivity contribution in [3.05, 3.63) is 17.0 Å². The topological polar surface area (TPSA) is 38.1 Å². The summed E-state index contributed by atoms with van der Waals surface area (Å²) in [5.41, 5.74) is 3.46. The van der Waals surface area contributed by atoms with Crippen molar-refractivity contribution in [2.24, 2.45) is 13.0 Å². The Morgan fingerprint density at radius 2 is 1.90 bits per heavy atom.